The number of amides is 1. The molecule has 0 aromatic heterocycles. The molecule has 0 aliphatic carbocycles. The zero-order valence-corrected chi connectivity index (χ0v) is 15.3. The average molecular weight is 378 g/mol. The molecule has 0 atom stereocenters. The molecule has 4 rings (SSSR count). The second-order valence-electron chi connectivity index (χ2n) is 6.99. The number of anilines is 2. The van der Waals surface area contributed by atoms with Gasteiger partial charge in [0.1, 0.15) is 11.6 Å². The molecule has 0 bridgehead atoms. The van der Waals surface area contributed by atoms with Crippen LogP contribution < -0.4 is 10.2 Å². The molecule has 5 heteroatoms. The molecule has 0 radical (unpaired) electrons. The summed E-state index contributed by atoms with van der Waals surface area (Å²) in [6.45, 7) is 1.61. The highest BCUT2D eigenvalue weighted by Crippen LogP contribution is 2.31. The van der Waals surface area contributed by atoms with Crippen LogP contribution in [0.1, 0.15) is 16.7 Å². The first-order valence-electron chi connectivity index (χ1n) is 9.23. The standard InChI is InChI=1S/C23H20F2N2O/c24-19-5-1-16(2-6-19)13-23(28)26-21-9-10-22-18(14-21)11-12-27(22)15-17-3-7-20(25)8-4-17/h1-10,14H,11-13,15H2,(H,26,28). The molecule has 0 spiro atoms. The number of hydrogen-bond acceptors (Lipinski definition) is 2. The Morgan fingerprint density at radius 3 is 2.21 bits per heavy atom. The Bertz CT molecular complexity index is 984. The minimum absolute atomic E-state index is 0.132. The second-order valence-corrected chi connectivity index (χ2v) is 6.99. The molecule has 1 N–H and O–H groups in total. The van der Waals surface area contributed by atoms with Gasteiger partial charge < -0.3 is 10.2 Å². The molecule has 28 heavy (non-hydrogen) atoms. The van der Waals surface area contributed by atoms with Gasteiger partial charge >= 0.3 is 0 Å². The fourth-order valence-electron chi connectivity index (χ4n) is 3.52. The van der Waals surface area contributed by atoms with Crippen molar-refractivity contribution in [1.82, 2.24) is 0 Å². The van der Waals surface area contributed by atoms with Crippen molar-refractivity contribution in [2.45, 2.75) is 19.4 Å². The van der Waals surface area contributed by atoms with E-state index in [2.05, 4.69) is 10.2 Å². The third-order valence-corrected chi connectivity index (χ3v) is 4.92. The van der Waals surface area contributed by atoms with Crippen molar-refractivity contribution in [2.75, 3.05) is 16.8 Å². The van der Waals surface area contributed by atoms with E-state index in [1.54, 1.807) is 24.3 Å². The van der Waals surface area contributed by atoms with Crippen LogP contribution in [0.5, 0.6) is 0 Å². The highest BCUT2D eigenvalue weighted by atomic mass is 19.1. The molecular formula is C23H20F2N2O. The van der Waals surface area contributed by atoms with Gasteiger partial charge in [-0.15, -0.1) is 0 Å². The first kappa shape index (κ1) is 18.2. The largest absolute Gasteiger partial charge is 0.367 e. The average Bonchev–Trinajstić information content (AvgIpc) is 3.07. The van der Waals surface area contributed by atoms with Crippen molar-refractivity contribution >= 4 is 17.3 Å². The summed E-state index contributed by atoms with van der Waals surface area (Å²) in [7, 11) is 0. The van der Waals surface area contributed by atoms with E-state index in [0.29, 0.717) is 0 Å². The maximum absolute atomic E-state index is 13.1. The number of hydrogen-bond donors (Lipinski definition) is 1. The van der Waals surface area contributed by atoms with E-state index in [-0.39, 0.29) is 24.0 Å². The van der Waals surface area contributed by atoms with Crippen molar-refractivity contribution in [1.29, 1.82) is 0 Å². The zero-order valence-electron chi connectivity index (χ0n) is 15.3. The summed E-state index contributed by atoms with van der Waals surface area (Å²) in [5.41, 5.74) is 4.91. The quantitative estimate of drug-likeness (QED) is 0.697. The van der Waals surface area contributed by atoms with E-state index < -0.39 is 0 Å². The molecule has 0 saturated heterocycles. The van der Waals surface area contributed by atoms with E-state index in [0.717, 1.165) is 42.0 Å². The molecule has 0 saturated carbocycles. The summed E-state index contributed by atoms with van der Waals surface area (Å²) in [6, 6.07) is 18.4. The number of benzene rings is 3. The van der Waals surface area contributed by atoms with Gasteiger partial charge in [-0.2, -0.15) is 0 Å². The van der Waals surface area contributed by atoms with E-state index in [1.807, 2.05) is 18.2 Å². The minimum Gasteiger partial charge on any atom is -0.367 e. The van der Waals surface area contributed by atoms with Crippen LogP contribution in [0.4, 0.5) is 20.2 Å². The second kappa shape index (κ2) is 7.80. The molecule has 1 amide bonds. The normalized spacial score (nSPS) is 12.7. The first-order valence-corrected chi connectivity index (χ1v) is 9.23. The van der Waals surface area contributed by atoms with Crippen LogP contribution in [0, 0.1) is 11.6 Å². The topological polar surface area (TPSA) is 32.3 Å². The van der Waals surface area contributed by atoms with Gasteiger partial charge in [-0.3, -0.25) is 4.79 Å². The summed E-state index contributed by atoms with van der Waals surface area (Å²) in [4.78, 5) is 14.5. The molecule has 142 valence electrons. The Morgan fingerprint density at radius 2 is 1.54 bits per heavy atom. The molecule has 0 unspecified atom stereocenters. The summed E-state index contributed by atoms with van der Waals surface area (Å²) in [6.07, 6.45) is 1.10. The monoisotopic (exact) mass is 378 g/mol. The van der Waals surface area contributed by atoms with Gasteiger partial charge in [0, 0.05) is 24.5 Å². The zero-order chi connectivity index (χ0) is 19.5. The van der Waals surface area contributed by atoms with Crippen molar-refractivity contribution < 1.29 is 13.6 Å². The van der Waals surface area contributed by atoms with Gasteiger partial charge in [-0.1, -0.05) is 24.3 Å². The minimum atomic E-state index is -0.312. The number of rotatable bonds is 5. The van der Waals surface area contributed by atoms with Gasteiger partial charge in [0.05, 0.1) is 6.42 Å². The van der Waals surface area contributed by atoms with Crippen molar-refractivity contribution in [3.63, 3.8) is 0 Å². The Hall–Kier alpha value is -3.21. The molecule has 1 aliphatic rings. The number of nitrogens with zero attached hydrogens (tertiary/aromatic N) is 1. The lowest BCUT2D eigenvalue weighted by Gasteiger charge is -2.20. The van der Waals surface area contributed by atoms with Crippen LogP contribution in [0.25, 0.3) is 0 Å². The predicted octanol–water partition coefficient (Wildman–Crippen LogP) is 4.71. The van der Waals surface area contributed by atoms with Gasteiger partial charge in [0.15, 0.2) is 0 Å². The molecule has 1 heterocycles. The van der Waals surface area contributed by atoms with Gasteiger partial charge in [-0.25, -0.2) is 8.78 Å². The van der Waals surface area contributed by atoms with E-state index >= 15 is 0 Å². The van der Waals surface area contributed by atoms with Crippen LogP contribution in [0.15, 0.2) is 66.7 Å². The highest BCUT2D eigenvalue weighted by Gasteiger charge is 2.19. The van der Waals surface area contributed by atoms with Gasteiger partial charge in [0.25, 0.3) is 0 Å². The lowest BCUT2D eigenvalue weighted by atomic mass is 10.1. The van der Waals surface area contributed by atoms with E-state index in [9.17, 15) is 13.6 Å². The lowest BCUT2D eigenvalue weighted by molar-refractivity contribution is -0.115. The number of fused-ring (bicyclic) bond motifs is 1. The molecular weight excluding hydrogens is 358 g/mol. The van der Waals surface area contributed by atoms with E-state index in [4.69, 9.17) is 0 Å². The molecule has 3 aromatic rings. The molecule has 1 aliphatic heterocycles. The van der Waals surface area contributed by atoms with Crippen LogP contribution in [0.2, 0.25) is 0 Å². The predicted molar refractivity (Wildman–Crippen MR) is 106 cm³/mol. The molecule has 3 aromatic carbocycles. The van der Waals surface area contributed by atoms with Crippen LogP contribution in [-0.2, 0) is 24.2 Å². The van der Waals surface area contributed by atoms with Crippen molar-refractivity contribution in [2.24, 2.45) is 0 Å². The van der Waals surface area contributed by atoms with Gasteiger partial charge in [0.2, 0.25) is 5.91 Å². The lowest BCUT2D eigenvalue weighted by Crippen LogP contribution is -2.19. The maximum Gasteiger partial charge on any atom is 0.228 e. The Balaban J connectivity index is 1.40. The van der Waals surface area contributed by atoms with Crippen LogP contribution in [-0.4, -0.2) is 12.5 Å². The Labute approximate surface area is 162 Å². The first-order chi connectivity index (χ1) is 13.6. The Kier molecular flexibility index (Phi) is 5.06. The summed E-state index contributed by atoms with van der Waals surface area (Å²) < 4.78 is 26.0. The smallest absolute Gasteiger partial charge is 0.228 e. The number of nitrogens with one attached hydrogen (secondary N) is 1. The Morgan fingerprint density at radius 1 is 0.893 bits per heavy atom. The number of carbonyl (C=O) groups excluding carboxylic acids is 1. The maximum atomic E-state index is 13.1. The van der Waals surface area contributed by atoms with Gasteiger partial charge in [-0.05, 0) is 65.6 Å². The molecule has 0 fully saturated rings. The van der Waals surface area contributed by atoms with Crippen LogP contribution in [0.3, 0.4) is 0 Å². The fourth-order valence-corrected chi connectivity index (χ4v) is 3.52. The van der Waals surface area contributed by atoms with Crippen LogP contribution >= 0.6 is 0 Å². The van der Waals surface area contributed by atoms with E-state index in [1.165, 1.54) is 29.8 Å². The summed E-state index contributed by atoms with van der Waals surface area (Å²) in [5, 5.41) is 2.91. The third-order valence-electron chi connectivity index (χ3n) is 4.92. The number of carbonyl (C=O) groups is 1. The van der Waals surface area contributed by atoms with Crippen molar-refractivity contribution in [3.8, 4) is 0 Å². The third kappa shape index (κ3) is 4.19. The number of halogens is 2. The summed E-state index contributed by atoms with van der Waals surface area (Å²) >= 11 is 0. The highest BCUT2D eigenvalue weighted by molar-refractivity contribution is 5.92. The fraction of sp³-hybridized carbons (Fsp3) is 0.174. The molecule has 3 nitrogen and oxygen atoms in total. The SMILES string of the molecule is O=C(Cc1ccc(F)cc1)Nc1ccc2c(c1)CCN2Cc1ccc(F)cc1. The summed E-state index contributed by atoms with van der Waals surface area (Å²) in [5.74, 6) is -0.674. The van der Waals surface area contributed by atoms with Crippen molar-refractivity contribution in [3.05, 3.63) is 95.1 Å².